The van der Waals surface area contributed by atoms with Gasteiger partial charge in [0.15, 0.2) is 5.12 Å². The summed E-state index contributed by atoms with van der Waals surface area (Å²) in [6.07, 6.45) is 0.538. The van der Waals surface area contributed by atoms with Gasteiger partial charge >= 0.3 is 0 Å². The van der Waals surface area contributed by atoms with Crippen molar-refractivity contribution in [2.75, 3.05) is 0 Å². The highest BCUT2D eigenvalue weighted by molar-refractivity contribution is 8.14. The van der Waals surface area contributed by atoms with Gasteiger partial charge in [-0.15, -0.1) is 0 Å². The quantitative estimate of drug-likeness (QED) is 0.765. The molecule has 0 atom stereocenters. The Balaban J connectivity index is 2.24. The van der Waals surface area contributed by atoms with Crippen molar-refractivity contribution in [1.82, 2.24) is 0 Å². The molecule has 0 aromatic heterocycles. The van der Waals surface area contributed by atoms with Gasteiger partial charge in [-0.25, -0.2) is 0 Å². The Kier molecular flexibility index (Phi) is 5.24. The molecule has 2 heteroatoms. The zero-order valence-electron chi connectivity index (χ0n) is 12.9. The fourth-order valence-electron chi connectivity index (χ4n) is 2.35. The van der Waals surface area contributed by atoms with Gasteiger partial charge in [0.05, 0.1) is 0 Å². The minimum atomic E-state index is -0.0327. The van der Waals surface area contributed by atoms with E-state index in [1.54, 1.807) is 0 Å². The smallest absolute Gasteiger partial charge is 0.190 e. The fourth-order valence-corrected chi connectivity index (χ4v) is 3.28. The summed E-state index contributed by atoms with van der Waals surface area (Å²) in [5, 5.41) is 0.250. The molecule has 0 fully saturated rings. The molecule has 0 aliphatic rings. The summed E-state index contributed by atoms with van der Waals surface area (Å²) in [7, 11) is 0. The Morgan fingerprint density at radius 1 is 0.905 bits per heavy atom. The molecule has 0 radical (unpaired) electrons. The van der Waals surface area contributed by atoms with Crippen LogP contribution in [0.3, 0.4) is 0 Å². The van der Waals surface area contributed by atoms with Gasteiger partial charge in [0.2, 0.25) is 0 Å². The standard InChI is InChI=1S/C19H22OS/c1-19(2,3)21-18(20)14-17(15-10-6-4-7-11-15)16-12-8-5-9-13-16/h4-13,17H,14H2,1-3H3. The lowest BCUT2D eigenvalue weighted by Crippen LogP contribution is -2.14. The van der Waals surface area contributed by atoms with Crippen molar-refractivity contribution in [3.05, 3.63) is 71.8 Å². The molecule has 0 amide bonds. The molecular formula is C19H22OS. The first-order valence-electron chi connectivity index (χ1n) is 7.27. The van der Waals surface area contributed by atoms with Gasteiger partial charge in [0, 0.05) is 17.1 Å². The van der Waals surface area contributed by atoms with Crippen LogP contribution >= 0.6 is 11.8 Å². The normalized spacial score (nSPS) is 11.6. The third kappa shape index (κ3) is 5.05. The van der Waals surface area contributed by atoms with Gasteiger partial charge in [-0.05, 0) is 11.1 Å². The van der Waals surface area contributed by atoms with Crippen molar-refractivity contribution in [1.29, 1.82) is 0 Å². The van der Waals surface area contributed by atoms with Crippen LogP contribution in [0.2, 0.25) is 0 Å². The second-order valence-electron chi connectivity index (χ2n) is 6.16. The molecule has 0 saturated carbocycles. The van der Waals surface area contributed by atoms with E-state index in [0.717, 1.165) is 0 Å². The van der Waals surface area contributed by atoms with Crippen LogP contribution in [-0.4, -0.2) is 9.86 Å². The van der Waals surface area contributed by atoms with E-state index in [1.807, 2.05) is 36.4 Å². The topological polar surface area (TPSA) is 17.1 Å². The summed E-state index contributed by atoms with van der Waals surface area (Å²) in [5.41, 5.74) is 2.40. The Morgan fingerprint density at radius 3 is 1.71 bits per heavy atom. The minimum absolute atomic E-state index is 0.0327. The number of rotatable bonds is 4. The third-order valence-electron chi connectivity index (χ3n) is 3.19. The fraction of sp³-hybridized carbons (Fsp3) is 0.316. The van der Waals surface area contributed by atoms with E-state index in [9.17, 15) is 4.79 Å². The van der Waals surface area contributed by atoms with Crippen molar-refractivity contribution in [2.45, 2.75) is 37.9 Å². The molecule has 21 heavy (non-hydrogen) atoms. The van der Waals surface area contributed by atoms with E-state index in [1.165, 1.54) is 22.9 Å². The van der Waals surface area contributed by atoms with E-state index in [0.29, 0.717) is 6.42 Å². The lowest BCUT2D eigenvalue weighted by Gasteiger charge is -2.21. The van der Waals surface area contributed by atoms with Gasteiger partial charge in [-0.3, -0.25) is 4.79 Å². The molecule has 0 spiro atoms. The second-order valence-corrected chi connectivity index (χ2v) is 8.05. The lowest BCUT2D eigenvalue weighted by atomic mass is 9.89. The molecule has 0 bridgehead atoms. The SMILES string of the molecule is CC(C)(C)SC(=O)CC(c1ccccc1)c1ccccc1. The van der Waals surface area contributed by atoms with E-state index in [-0.39, 0.29) is 15.8 Å². The first-order chi connectivity index (χ1) is 9.96. The molecule has 0 saturated heterocycles. The molecule has 0 N–H and O–H groups in total. The lowest BCUT2D eigenvalue weighted by molar-refractivity contribution is -0.111. The van der Waals surface area contributed by atoms with Gasteiger partial charge in [0.1, 0.15) is 0 Å². The van der Waals surface area contributed by atoms with Gasteiger partial charge < -0.3 is 0 Å². The highest BCUT2D eigenvalue weighted by Crippen LogP contribution is 2.33. The largest absolute Gasteiger partial charge is 0.287 e. The molecular weight excluding hydrogens is 276 g/mol. The Bertz CT molecular complexity index is 530. The first-order valence-corrected chi connectivity index (χ1v) is 8.09. The van der Waals surface area contributed by atoms with Crippen molar-refractivity contribution >= 4 is 16.9 Å². The maximum absolute atomic E-state index is 12.4. The van der Waals surface area contributed by atoms with Crippen LogP contribution in [-0.2, 0) is 4.79 Å². The Labute approximate surface area is 131 Å². The Morgan fingerprint density at radius 2 is 1.33 bits per heavy atom. The number of thioether (sulfide) groups is 1. The molecule has 2 aromatic rings. The predicted octanol–water partition coefficient (Wildman–Crippen LogP) is 5.27. The maximum atomic E-state index is 12.4. The van der Waals surface area contributed by atoms with Crippen molar-refractivity contribution in [3.63, 3.8) is 0 Å². The van der Waals surface area contributed by atoms with Crippen LogP contribution in [0.5, 0.6) is 0 Å². The van der Waals surface area contributed by atoms with Gasteiger partial charge in [0.25, 0.3) is 0 Å². The minimum Gasteiger partial charge on any atom is -0.287 e. The zero-order chi connectivity index (χ0) is 15.3. The molecule has 110 valence electrons. The molecule has 0 unspecified atom stereocenters. The second kappa shape index (κ2) is 6.95. The molecule has 0 aliphatic carbocycles. The summed E-state index contributed by atoms with van der Waals surface area (Å²) in [4.78, 5) is 12.4. The van der Waals surface area contributed by atoms with Crippen molar-refractivity contribution in [3.8, 4) is 0 Å². The average Bonchev–Trinajstić information content (AvgIpc) is 2.45. The van der Waals surface area contributed by atoms with E-state index in [2.05, 4.69) is 45.0 Å². The highest BCUT2D eigenvalue weighted by atomic mass is 32.2. The van der Waals surface area contributed by atoms with Gasteiger partial charge in [-0.1, -0.05) is 93.2 Å². The Hall–Kier alpha value is -1.54. The summed E-state index contributed by atoms with van der Waals surface area (Å²) in [6, 6.07) is 20.6. The zero-order valence-corrected chi connectivity index (χ0v) is 13.7. The van der Waals surface area contributed by atoms with Crippen molar-refractivity contribution in [2.24, 2.45) is 0 Å². The number of carbonyl (C=O) groups excluding carboxylic acids is 1. The van der Waals surface area contributed by atoms with E-state index in [4.69, 9.17) is 0 Å². The van der Waals surface area contributed by atoms with Gasteiger partial charge in [-0.2, -0.15) is 0 Å². The summed E-state index contributed by atoms with van der Waals surface area (Å²) >= 11 is 1.44. The molecule has 2 aromatic carbocycles. The van der Waals surface area contributed by atoms with Crippen LogP contribution < -0.4 is 0 Å². The summed E-state index contributed by atoms with van der Waals surface area (Å²) < 4.78 is -0.0327. The third-order valence-corrected chi connectivity index (χ3v) is 4.20. The van der Waals surface area contributed by atoms with Crippen LogP contribution in [0.25, 0.3) is 0 Å². The van der Waals surface area contributed by atoms with Crippen LogP contribution in [0, 0.1) is 0 Å². The molecule has 0 heterocycles. The summed E-state index contributed by atoms with van der Waals surface area (Å²) in [5.74, 6) is 0.134. The summed E-state index contributed by atoms with van der Waals surface area (Å²) in [6.45, 7) is 6.24. The molecule has 1 nitrogen and oxygen atoms in total. The molecule has 2 rings (SSSR count). The average molecular weight is 298 g/mol. The number of benzene rings is 2. The number of hydrogen-bond donors (Lipinski definition) is 0. The van der Waals surface area contributed by atoms with Crippen LogP contribution in [0.4, 0.5) is 0 Å². The van der Waals surface area contributed by atoms with E-state index < -0.39 is 0 Å². The predicted molar refractivity (Wildman–Crippen MR) is 91.7 cm³/mol. The first kappa shape index (κ1) is 15.8. The van der Waals surface area contributed by atoms with E-state index >= 15 is 0 Å². The maximum Gasteiger partial charge on any atom is 0.190 e. The highest BCUT2D eigenvalue weighted by Gasteiger charge is 2.22. The molecule has 0 aliphatic heterocycles. The van der Waals surface area contributed by atoms with Crippen molar-refractivity contribution < 1.29 is 4.79 Å². The van der Waals surface area contributed by atoms with Crippen LogP contribution in [0.15, 0.2) is 60.7 Å². The monoisotopic (exact) mass is 298 g/mol. The van der Waals surface area contributed by atoms with Crippen LogP contribution in [0.1, 0.15) is 44.2 Å². The number of hydrogen-bond acceptors (Lipinski definition) is 2. The number of carbonyl (C=O) groups is 1.